The molecule has 0 amide bonds. The van der Waals surface area contributed by atoms with Gasteiger partial charge in [0.2, 0.25) is 17.0 Å². The van der Waals surface area contributed by atoms with Crippen LogP contribution in [-0.2, 0) is 4.74 Å². The van der Waals surface area contributed by atoms with Crippen LogP contribution in [0.2, 0.25) is 0 Å². The third-order valence-electron chi connectivity index (χ3n) is 3.91. The van der Waals surface area contributed by atoms with Crippen LogP contribution in [0.4, 0.5) is 0 Å². The third kappa shape index (κ3) is 3.75. The van der Waals surface area contributed by atoms with Gasteiger partial charge < -0.3 is 23.4 Å². The molecule has 2 rings (SSSR count). The Balaban J connectivity index is 2.77. The van der Waals surface area contributed by atoms with E-state index in [-0.39, 0.29) is 39.7 Å². The first-order valence-electron chi connectivity index (χ1n) is 8.14. The number of ketones is 1. The zero-order chi connectivity index (χ0) is 20.8. The summed E-state index contributed by atoms with van der Waals surface area (Å²) < 4.78 is 25.6. The average molecular weight is 388 g/mol. The van der Waals surface area contributed by atoms with Crippen molar-refractivity contribution in [2.45, 2.75) is 6.92 Å². The fraction of sp³-hybridized carbons (Fsp3) is 0.250. The molecule has 1 aromatic carbocycles. The number of rotatable bonds is 7. The molecule has 0 N–H and O–H groups in total. The molecule has 0 aliphatic rings. The van der Waals surface area contributed by atoms with Gasteiger partial charge in [0.05, 0.1) is 39.6 Å². The average Bonchev–Trinajstić information content (AvgIpc) is 2.72. The smallest absolute Gasteiger partial charge is 0.338 e. The van der Waals surface area contributed by atoms with Crippen molar-refractivity contribution in [2.75, 3.05) is 28.4 Å². The van der Waals surface area contributed by atoms with Crippen molar-refractivity contribution in [3.05, 3.63) is 57.1 Å². The number of benzene rings is 1. The van der Waals surface area contributed by atoms with Crippen molar-refractivity contribution in [3.63, 3.8) is 0 Å². The van der Waals surface area contributed by atoms with Gasteiger partial charge in [-0.25, -0.2) is 4.79 Å². The maximum Gasteiger partial charge on any atom is 0.338 e. The van der Waals surface area contributed by atoms with Gasteiger partial charge in [0.25, 0.3) is 0 Å². The van der Waals surface area contributed by atoms with Crippen molar-refractivity contribution in [3.8, 4) is 17.2 Å². The van der Waals surface area contributed by atoms with Crippen LogP contribution in [0.25, 0.3) is 6.08 Å². The summed E-state index contributed by atoms with van der Waals surface area (Å²) in [6.07, 6.45) is 4.21. The first kappa shape index (κ1) is 20.8. The zero-order valence-corrected chi connectivity index (χ0v) is 16.2. The molecule has 148 valence electrons. The summed E-state index contributed by atoms with van der Waals surface area (Å²) in [7, 11) is 5.19. The van der Waals surface area contributed by atoms with Crippen LogP contribution < -0.4 is 19.6 Å². The zero-order valence-electron chi connectivity index (χ0n) is 16.2. The normalized spacial score (nSPS) is 10.6. The summed E-state index contributed by atoms with van der Waals surface area (Å²) in [5.41, 5.74) is -1.26. The number of carbonyl (C=O) groups is 2. The van der Waals surface area contributed by atoms with Gasteiger partial charge in [-0.3, -0.25) is 9.59 Å². The standard InChI is InChI=1S/C20H20O8/c1-6-7-14-19(26-4)18(22)13(10-28-14)17(21)16-12(20(23)27-5)8-11(24-2)9-15(16)25-3/h6-10H,1-5H3/b7-6+. The Bertz CT molecular complexity index is 984. The molecule has 1 aromatic heterocycles. The van der Waals surface area contributed by atoms with E-state index in [9.17, 15) is 14.4 Å². The minimum atomic E-state index is -0.789. The molecule has 8 nitrogen and oxygen atoms in total. The van der Waals surface area contributed by atoms with E-state index in [1.807, 2.05) is 0 Å². The Kier molecular flexibility index (Phi) is 6.59. The molecule has 0 unspecified atom stereocenters. The van der Waals surface area contributed by atoms with Crippen LogP contribution >= 0.6 is 0 Å². The van der Waals surface area contributed by atoms with E-state index in [2.05, 4.69) is 0 Å². The fourth-order valence-corrected chi connectivity index (χ4v) is 2.59. The molecular formula is C20H20O8. The predicted molar refractivity (Wildman–Crippen MR) is 101 cm³/mol. The van der Waals surface area contributed by atoms with Crippen LogP contribution in [-0.4, -0.2) is 40.2 Å². The molecule has 8 heteroatoms. The van der Waals surface area contributed by atoms with Gasteiger partial charge in [0.15, 0.2) is 5.76 Å². The second-order valence-corrected chi connectivity index (χ2v) is 5.45. The number of carbonyl (C=O) groups excluding carboxylic acids is 2. The monoisotopic (exact) mass is 388 g/mol. The topological polar surface area (TPSA) is 101 Å². The summed E-state index contributed by atoms with van der Waals surface area (Å²) in [6.45, 7) is 1.74. The van der Waals surface area contributed by atoms with E-state index in [4.69, 9.17) is 23.4 Å². The lowest BCUT2D eigenvalue weighted by molar-refractivity contribution is 0.0596. The lowest BCUT2D eigenvalue weighted by Crippen LogP contribution is -2.21. The number of ether oxygens (including phenoxy) is 4. The molecule has 0 fully saturated rings. The summed E-state index contributed by atoms with van der Waals surface area (Å²) in [6, 6.07) is 2.75. The SMILES string of the molecule is C/C=C/c1occ(C(=O)c2c(OC)cc(OC)cc2C(=O)OC)c(=O)c1OC. The number of hydrogen-bond donors (Lipinski definition) is 0. The molecule has 0 atom stereocenters. The number of hydrogen-bond acceptors (Lipinski definition) is 8. The fourth-order valence-electron chi connectivity index (χ4n) is 2.59. The second-order valence-electron chi connectivity index (χ2n) is 5.45. The van der Waals surface area contributed by atoms with E-state index in [1.165, 1.54) is 46.6 Å². The van der Waals surface area contributed by atoms with E-state index in [1.54, 1.807) is 13.0 Å². The molecule has 0 aliphatic heterocycles. The third-order valence-corrected chi connectivity index (χ3v) is 3.91. The van der Waals surface area contributed by atoms with Gasteiger partial charge >= 0.3 is 5.97 Å². The highest BCUT2D eigenvalue weighted by Gasteiger charge is 2.28. The highest BCUT2D eigenvalue weighted by molar-refractivity contribution is 6.16. The number of methoxy groups -OCH3 is 4. The summed E-state index contributed by atoms with van der Waals surface area (Å²) >= 11 is 0. The van der Waals surface area contributed by atoms with Crippen LogP contribution in [0, 0.1) is 0 Å². The van der Waals surface area contributed by atoms with Crippen molar-refractivity contribution in [1.29, 1.82) is 0 Å². The van der Waals surface area contributed by atoms with Crippen LogP contribution in [0.3, 0.4) is 0 Å². The van der Waals surface area contributed by atoms with Crippen molar-refractivity contribution in [2.24, 2.45) is 0 Å². The Hall–Kier alpha value is -3.55. The van der Waals surface area contributed by atoms with Gasteiger partial charge in [-0.1, -0.05) is 6.08 Å². The first-order chi connectivity index (χ1) is 13.4. The molecule has 0 spiro atoms. The quantitative estimate of drug-likeness (QED) is 0.527. The number of allylic oxidation sites excluding steroid dienone is 1. The highest BCUT2D eigenvalue weighted by Crippen LogP contribution is 2.31. The van der Waals surface area contributed by atoms with E-state index < -0.39 is 17.2 Å². The summed E-state index contributed by atoms with van der Waals surface area (Å²) in [5.74, 6) is -1.21. The molecule has 0 radical (unpaired) electrons. The largest absolute Gasteiger partial charge is 0.497 e. The first-order valence-corrected chi connectivity index (χ1v) is 8.14. The van der Waals surface area contributed by atoms with Crippen molar-refractivity contribution < 1.29 is 33.0 Å². The Morgan fingerprint density at radius 2 is 1.71 bits per heavy atom. The van der Waals surface area contributed by atoms with Gasteiger partial charge in [-0.15, -0.1) is 0 Å². The molecular weight excluding hydrogens is 368 g/mol. The lowest BCUT2D eigenvalue weighted by Gasteiger charge is -2.14. The van der Waals surface area contributed by atoms with E-state index in [0.29, 0.717) is 0 Å². The molecule has 0 bridgehead atoms. The Morgan fingerprint density at radius 3 is 2.25 bits per heavy atom. The van der Waals surface area contributed by atoms with Crippen LogP contribution in [0.5, 0.6) is 17.2 Å². The molecule has 2 aromatic rings. The summed E-state index contributed by atoms with van der Waals surface area (Å²) in [4.78, 5) is 38.2. The van der Waals surface area contributed by atoms with Crippen LogP contribution in [0.1, 0.15) is 39.0 Å². The Labute approximate surface area is 161 Å². The van der Waals surface area contributed by atoms with E-state index >= 15 is 0 Å². The predicted octanol–water partition coefficient (Wildman–Crippen LogP) is 2.72. The molecule has 28 heavy (non-hydrogen) atoms. The minimum absolute atomic E-state index is 0.0423. The maximum absolute atomic E-state index is 13.2. The summed E-state index contributed by atoms with van der Waals surface area (Å²) in [5, 5.41) is 0. The highest BCUT2D eigenvalue weighted by atomic mass is 16.5. The van der Waals surface area contributed by atoms with Gasteiger partial charge in [-0.05, 0) is 19.1 Å². The molecule has 0 aliphatic carbocycles. The van der Waals surface area contributed by atoms with Crippen molar-refractivity contribution in [1.82, 2.24) is 0 Å². The van der Waals surface area contributed by atoms with Gasteiger partial charge in [0.1, 0.15) is 23.3 Å². The molecule has 0 saturated heterocycles. The maximum atomic E-state index is 13.2. The van der Waals surface area contributed by atoms with Crippen LogP contribution in [0.15, 0.2) is 33.7 Å². The molecule has 1 heterocycles. The second kappa shape index (κ2) is 8.90. The van der Waals surface area contributed by atoms with Crippen molar-refractivity contribution >= 4 is 17.8 Å². The number of esters is 1. The molecule has 0 saturated carbocycles. The minimum Gasteiger partial charge on any atom is -0.497 e. The van der Waals surface area contributed by atoms with E-state index in [0.717, 1.165) is 6.26 Å². The lowest BCUT2D eigenvalue weighted by atomic mass is 9.97. The van der Waals surface area contributed by atoms with Gasteiger partial charge in [-0.2, -0.15) is 0 Å². The Morgan fingerprint density at radius 1 is 1.00 bits per heavy atom. The van der Waals surface area contributed by atoms with Gasteiger partial charge in [0, 0.05) is 6.07 Å².